The predicted octanol–water partition coefficient (Wildman–Crippen LogP) is 0.558. The van der Waals surface area contributed by atoms with E-state index < -0.39 is 0 Å². The van der Waals surface area contributed by atoms with Crippen LogP contribution in [0.3, 0.4) is 0 Å². The van der Waals surface area contributed by atoms with Crippen LogP contribution in [0, 0.1) is 4.77 Å². The summed E-state index contributed by atoms with van der Waals surface area (Å²) in [4.78, 5) is 22.5. The molecule has 0 bridgehead atoms. The van der Waals surface area contributed by atoms with Crippen LogP contribution in [0.4, 0.5) is 0 Å². The number of ether oxygens (including phenoxy) is 1. The summed E-state index contributed by atoms with van der Waals surface area (Å²) in [6, 6.07) is -0.0154. The number of fused-ring (bicyclic) bond motifs is 1. The standard InChI is InChI=1S/C10H11N5O2S/c1-17-9-7-8(12-4-13-9)15(10(18)14-7)5-2-6(16)11-3-5/h4-5H,2-3H2,1H3,(H,11,16)(H,14,18). The van der Waals surface area contributed by atoms with Gasteiger partial charge in [-0.15, -0.1) is 0 Å². The van der Waals surface area contributed by atoms with Crippen molar-refractivity contribution in [2.45, 2.75) is 12.5 Å². The molecule has 1 unspecified atom stereocenters. The van der Waals surface area contributed by atoms with Crippen LogP contribution in [0.25, 0.3) is 11.2 Å². The van der Waals surface area contributed by atoms with E-state index in [0.717, 1.165) is 0 Å². The Kier molecular flexibility index (Phi) is 2.51. The van der Waals surface area contributed by atoms with E-state index >= 15 is 0 Å². The molecule has 0 aromatic carbocycles. The lowest BCUT2D eigenvalue weighted by atomic mass is 10.2. The number of amides is 1. The molecule has 2 aromatic heterocycles. The van der Waals surface area contributed by atoms with Gasteiger partial charge in [0.05, 0.1) is 13.2 Å². The van der Waals surface area contributed by atoms with Gasteiger partial charge in [-0.2, -0.15) is 4.98 Å². The molecule has 1 amide bonds. The van der Waals surface area contributed by atoms with Gasteiger partial charge in [-0.25, -0.2) is 4.98 Å². The van der Waals surface area contributed by atoms with Gasteiger partial charge >= 0.3 is 0 Å². The van der Waals surface area contributed by atoms with Gasteiger partial charge in [0.25, 0.3) is 0 Å². The van der Waals surface area contributed by atoms with Gasteiger partial charge in [-0.05, 0) is 12.2 Å². The number of nitrogens with one attached hydrogen (secondary N) is 2. The largest absolute Gasteiger partial charge is 0.479 e. The SMILES string of the molecule is COc1ncnc2c1[nH]c(=S)n2C1CNC(=O)C1. The van der Waals surface area contributed by atoms with Gasteiger partial charge in [0.1, 0.15) is 11.8 Å². The number of methoxy groups -OCH3 is 1. The first-order chi connectivity index (χ1) is 8.70. The summed E-state index contributed by atoms with van der Waals surface area (Å²) >= 11 is 5.28. The first kappa shape index (κ1) is 11.1. The number of aromatic nitrogens is 4. The molecule has 8 heteroatoms. The molecule has 94 valence electrons. The molecule has 3 rings (SSSR count). The van der Waals surface area contributed by atoms with Crippen LogP contribution >= 0.6 is 12.2 Å². The first-order valence-corrected chi connectivity index (χ1v) is 5.87. The first-order valence-electron chi connectivity index (χ1n) is 5.46. The normalized spacial score (nSPS) is 19.2. The Hall–Kier alpha value is -1.96. The van der Waals surface area contributed by atoms with Crippen LogP contribution in [0.2, 0.25) is 0 Å². The Morgan fingerprint density at radius 3 is 3.06 bits per heavy atom. The summed E-state index contributed by atoms with van der Waals surface area (Å²) < 4.78 is 7.51. The maximum absolute atomic E-state index is 11.3. The smallest absolute Gasteiger partial charge is 0.242 e. The Balaban J connectivity index is 2.20. The Morgan fingerprint density at radius 1 is 1.56 bits per heavy atom. The zero-order valence-corrected chi connectivity index (χ0v) is 10.5. The van der Waals surface area contributed by atoms with Crippen LogP contribution in [0.1, 0.15) is 12.5 Å². The number of nitrogens with zero attached hydrogens (tertiary/aromatic N) is 3. The van der Waals surface area contributed by atoms with Crippen molar-refractivity contribution in [2.24, 2.45) is 0 Å². The van der Waals surface area contributed by atoms with Gasteiger partial charge in [0, 0.05) is 13.0 Å². The van der Waals surface area contributed by atoms with E-state index in [4.69, 9.17) is 17.0 Å². The molecule has 1 aliphatic rings. The third-order valence-electron chi connectivity index (χ3n) is 2.99. The number of aromatic amines is 1. The quantitative estimate of drug-likeness (QED) is 0.775. The molecular weight excluding hydrogens is 254 g/mol. The molecule has 7 nitrogen and oxygen atoms in total. The molecule has 0 radical (unpaired) electrons. The number of hydrogen-bond acceptors (Lipinski definition) is 5. The monoisotopic (exact) mass is 265 g/mol. The molecule has 2 N–H and O–H groups in total. The Labute approximate surface area is 107 Å². The highest BCUT2D eigenvalue weighted by atomic mass is 32.1. The average Bonchev–Trinajstić information content (AvgIpc) is 2.91. The highest BCUT2D eigenvalue weighted by molar-refractivity contribution is 7.71. The summed E-state index contributed by atoms with van der Waals surface area (Å²) in [5.74, 6) is 0.472. The van der Waals surface area contributed by atoms with Crippen molar-refractivity contribution >= 4 is 29.3 Å². The third kappa shape index (κ3) is 1.57. The Bertz CT molecular complexity index is 676. The van der Waals surface area contributed by atoms with Crippen molar-refractivity contribution in [3.05, 3.63) is 11.1 Å². The number of rotatable bonds is 2. The van der Waals surface area contributed by atoms with Gasteiger partial charge in [-0.3, -0.25) is 9.36 Å². The molecule has 2 aromatic rings. The minimum Gasteiger partial charge on any atom is -0.479 e. The molecule has 1 atom stereocenters. The molecule has 1 fully saturated rings. The van der Waals surface area contributed by atoms with E-state index in [2.05, 4.69) is 20.3 Å². The average molecular weight is 265 g/mol. The van der Waals surface area contributed by atoms with Gasteiger partial charge in [0.15, 0.2) is 10.4 Å². The van der Waals surface area contributed by atoms with Gasteiger partial charge in [-0.1, -0.05) is 0 Å². The summed E-state index contributed by atoms with van der Waals surface area (Å²) in [5, 5.41) is 2.78. The summed E-state index contributed by atoms with van der Waals surface area (Å²) in [5.41, 5.74) is 1.32. The lowest BCUT2D eigenvalue weighted by Crippen LogP contribution is -2.15. The highest BCUT2D eigenvalue weighted by Gasteiger charge is 2.26. The van der Waals surface area contributed by atoms with Crippen LogP contribution in [-0.2, 0) is 4.79 Å². The molecule has 0 aliphatic carbocycles. The maximum atomic E-state index is 11.3. The second-order valence-electron chi connectivity index (χ2n) is 4.04. The zero-order valence-electron chi connectivity index (χ0n) is 9.64. The zero-order chi connectivity index (χ0) is 12.7. The van der Waals surface area contributed by atoms with Crippen LogP contribution < -0.4 is 10.1 Å². The number of imidazole rings is 1. The molecule has 3 heterocycles. The predicted molar refractivity (Wildman–Crippen MR) is 65.9 cm³/mol. The van der Waals surface area contributed by atoms with Crippen molar-refractivity contribution in [1.82, 2.24) is 24.8 Å². The third-order valence-corrected chi connectivity index (χ3v) is 3.28. The van der Waals surface area contributed by atoms with Crippen LogP contribution in [0.15, 0.2) is 6.33 Å². The van der Waals surface area contributed by atoms with Crippen molar-refractivity contribution in [3.8, 4) is 5.88 Å². The van der Waals surface area contributed by atoms with Crippen LogP contribution in [-0.4, -0.2) is 39.1 Å². The molecule has 18 heavy (non-hydrogen) atoms. The van der Waals surface area contributed by atoms with Crippen molar-refractivity contribution in [2.75, 3.05) is 13.7 Å². The minimum atomic E-state index is -0.0154. The van der Waals surface area contributed by atoms with E-state index in [9.17, 15) is 4.79 Å². The Morgan fingerprint density at radius 2 is 2.39 bits per heavy atom. The second kappa shape index (κ2) is 4.05. The number of hydrogen-bond donors (Lipinski definition) is 2. The number of carbonyl (C=O) groups excluding carboxylic acids is 1. The molecule has 1 aliphatic heterocycles. The molecule has 1 saturated heterocycles. The molecule has 0 spiro atoms. The van der Waals surface area contributed by atoms with Crippen molar-refractivity contribution in [1.29, 1.82) is 0 Å². The lowest BCUT2D eigenvalue weighted by molar-refractivity contribution is -0.119. The fourth-order valence-electron chi connectivity index (χ4n) is 2.18. The minimum absolute atomic E-state index is 0.0154. The summed E-state index contributed by atoms with van der Waals surface area (Å²) in [6.45, 7) is 0.562. The maximum Gasteiger partial charge on any atom is 0.242 e. The van der Waals surface area contributed by atoms with E-state index in [1.807, 2.05) is 4.57 Å². The van der Waals surface area contributed by atoms with E-state index in [1.165, 1.54) is 13.4 Å². The van der Waals surface area contributed by atoms with Gasteiger partial charge < -0.3 is 15.0 Å². The van der Waals surface area contributed by atoms with E-state index in [-0.39, 0.29) is 11.9 Å². The molecule has 0 saturated carbocycles. The van der Waals surface area contributed by atoms with E-state index in [1.54, 1.807) is 0 Å². The summed E-state index contributed by atoms with van der Waals surface area (Å²) in [6.07, 6.45) is 1.83. The van der Waals surface area contributed by atoms with Gasteiger partial charge in [0.2, 0.25) is 11.8 Å². The van der Waals surface area contributed by atoms with E-state index in [0.29, 0.717) is 34.8 Å². The lowest BCUT2D eigenvalue weighted by Gasteiger charge is -2.09. The number of carbonyl (C=O) groups is 1. The van der Waals surface area contributed by atoms with Crippen molar-refractivity contribution < 1.29 is 9.53 Å². The molecular formula is C10H11N5O2S. The summed E-state index contributed by atoms with van der Waals surface area (Å²) in [7, 11) is 1.54. The fourth-order valence-corrected chi connectivity index (χ4v) is 2.52. The topological polar surface area (TPSA) is 84.8 Å². The fraction of sp³-hybridized carbons (Fsp3) is 0.400. The number of H-pyrrole nitrogens is 1. The van der Waals surface area contributed by atoms with Crippen LogP contribution in [0.5, 0.6) is 5.88 Å². The highest BCUT2D eigenvalue weighted by Crippen LogP contribution is 2.25. The van der Waals surface area contributed by atoms with Crippen molar-refractivity contribution in [3.63, 3.8) is 0 Å². The second-order valence-corrected chi connectivity index (χ2v) is 4.43.